The third-order valence-electron chi connectivity index (χ3n) is 4.04. The van der Waals surface area contributed by atoms with Gasteiger partial charge in [-0.2, -0.15) is 13.2 Å². The van der Waals surface area contributed by atoms with Crippen LogP contribution in [0, 0.1) is 0 Å². The molecule has 8 heteroatoms. The lowest BCUT2D eigenvalue weighted by molar-refractivity contribution is -0.153. The number of amides is 2. The van der Waals surface area contributed by atoms with Crippen molar-refractivity contribution in [1.82, 2.24) is 0 Å². The summed E-state index contributed by atoms with van der Waals surface area (Å²) >= 11 is 0. The number of benzene rings is 2. The second-order valence-electron chi connectivity index (χ2n) is 6.05. The molecule has 1 aliphatic rings. The summed E-state index contributed by atoms with van der Waals surface area (Å²) in [5.74, 6) is -0.511. The van der Waals surface area contributed by atoms with Crippen molar-refractivity contribution in [2.45, 2.75) is 19.0 Å². The molecule has 2 amide bonds. The second-order valence-corrected chi connectivity index (χ2v) is 6.05. The molecule has 2 aromatic carbocycles. The van der Waals surface area contributed by atoms with Crippen molar-refractivity contribution >= 4 is 23.2 Å². The summed E-state index contributed by atoms with van der Waals surface area (Å²) in [6, 6.07) is 12.4. The van der Waals surface area contributed by atoms with Crippen LogP contribution in [0.4, 0.5) is 24.5 Å². The van der Waals surface area contributed by atoms with Gasteiger partial charge in [0.15, 0.2) is 6.61 Å². The Morgan fingerprint density at radius 3 is 2.44 bits per heavy atom. The van der Waals surface area contributed by atoms with Crippen LogP contribution in [0.15, 0.2) is 48.5 Å². The summed E-state index contributed by atoms with van der Waals surface area (Å²) in [4.78, 5) is 25.8. The molecule has 1 aliphatic heterocycles. The molecule has 0 atom stereocenters. The molecule has 0 radical (unpaired) electrons. The summed E-state index contributed by atoms with van der Waals surface area (Å²) in [7, 11) is 0. The lowest BCUT2D eigenvalue weighted by Crippen LogP contribution is -2.23. The van der Waals surface area contributed by atoms with Gasteiger partial charge in [0.25, 0.3) is 5.91 Å². The molecule has 0 aromatic heterocycles. The van der Waals surface area contributed by atoms with Gasteiger partial charge in [-0.25, -0.2) is 0 Å². The van der Waals surface area contributed by atoms with Crippen LogP contribution >= 0.6 is 0 Å². The van der Waals surface area contributed by atoms with E-state index in [-0.39, 0.29) is 17.3 Å². The number of hydrogen-bond acceptors (Lipinski definition) is 3. The van der Waals surface area contributed by atoms with Crippen molar-refractivity contribution in [2.24, 2.45) is 0 Å². The molecule has 1 heterocycles. The van der Waals surface area contributed by atoms with Crippen molar-refractivity contribution in [3.05, 3.63) is 54.1 Å². The summed E-state index contributed by atoms with van der Waals surface area (Å²) in [5.41, 5.74) is 1.17. The maximum absolute atomic E-state index is 12.4. The van der Waals surface area contributed by atoms with E-state index in [2.05, 4.69) is 5.32 Å². The molecule has 1 fully saturated rings. The van der Waals surface area contributed by atoms with E-state index in [0.29, 0.717) is 24.2 Å². The Balaban J connectivity index is 1.69. The zero-order valence-electron chi connectivity index (χ0n) is 14.3. The molecular formula is C19H17F3N2O3. The molecule has 142 valence electrons. The van der Waals surface area contributed by atoms with Gasteiger partial charge < -0.3 is 15.0 Å². The maximum Gasteiger partial charge on any atom is 0.422 e. The number of halogens is 3. The molecule has 3 rings (SSSR count). The van der Waals surface area contributed by atoms with Gasteiger partial charge in [-0.1, -0.05) is 12.1 Å². The first-order chi connectivity index (χ1) is 12.8. The molecular weight excluding hydrogens is 361 g/mol. The quantitative estimate of drug-likeness (QED) is 0.855. The first-order valence-electron chi connectivity index (χ1n) is 8.34. The highest BCUT2D eigenvalue weighted by molar-refractivity contribution is 6.05. The van der Waals surface area contributed by atoms with Crippen LogP contribution in [-0.2, 0) is 4.79 Å². The number of para-hydroxylation sites is 2. The molecule has 1 N–H and O–H groups in total. The summed E-state index contributed by atoms with van der Waals surface area (Å²) in [6.07, 6.45) is -3.16. The molecule has 0 bridgehead atoms. The lowest BCUT2D eigenvalue weighted by atomic mass is 10.1. The Kier molecular flexibility index (Phi) is 5.34. The van der Waals surface area contributed by atoms with Crippen LogP contribution in [-0.4, -0.2) is 31.1 Å². The Morgan fingerprint density at radius 2 is 1.81 bits per heavy atom. The average Bonchev–Trinajstić information content (AvgIpc) is 3.06. The number of ether oxygens (including phenoxy) is 1. The van der Waals surface area contributed by atoms with Gasteiger partial charge in [0, 0.05) is 24.2 Å². The number of nitrogens with one attached hydrogen (secondary N) is 1. The third-order valence-corrected chi connectivity index (χ3v) is 4.04. The second kappa shape index (κ2) is 7.69. The fourth-order valence-electron chi connectivity index (χ4n) is 2.76. The summed E-state index contributed by atoms with van der Waals surface area (Å²) in [5, 5.41) is 2.55. The molecule has 0 aliphatic carbocycles. The number of anilines is 2. The molecule has 0 unspecified atom stereocenters. The normalized spacial score (nSPS) is 14.3. The van der Waals surface area contributed by atoms with E-state index in [1.165, 1.54) is 18.2 Å². The van der Waals surface area contributed by atoms with Crippen molar-refractivity contribution in [2.75, 3.05) is 23.4 Å². The van der Waals surface area contributed by atoms with Gasteiger partial charge in [0.1, 0.15) is 5.75 Å². The first kappa shape index (κ1) is 18.8. The van der Waals surface area contributed by atoms with Crippen LogP contribution in [0.1, 0.15) is 23.2 Å². The smallest absolute Gasteiger partial charge is 0.422 e. The minimum Gasteiger partial charge on any atom is -0.482 e. The van der Waals surface area contributed by atoms with Gasteiger partial charge in [-0.05, 0) is 42.8 Å². The molecule has 0 spiro atoms. The van der Waals surface area contributed by atoms with E-state index < -0.39 is 18.7 Å². The number of alkyl halides is 3. The van der Waals surface area contributed by atoms with Crippen molar-refractivity contribution in [3.63, 3.8) is 0 Å². The first-order valence-corrected chi connectivity index (χ1v) is 8.34. The van der Waals surface area contributed by atoms with E-state index in [1.807, 2.05) is 0 Å². The maximum atomic E-state index is 12.4. The van der Waals surface area contributed by atoms with Crippen LogP contribution in [0.3, 0.4) is 0 Å². The molecule has 27 heavy (non-hydrogen) atoms. The van der Waals surface area contributed by atoms with Crippen LogP contribution in [0.2, 0.25) is 0 Å². The fourth-order valence-corrected chi connectivity index (χ4v) is 2.76. The SMILES string of the molecule is O=C(Nc1ccccc1OCC(F)(F)F)c1ccc(N2CCCC2=O)cc1. The largest absolute Gasteiger partial charge is 0.482 e. The number of carbonyl (C=O) groups excluding carboxylic acids is 2. The van der Waals surface area contributed by atoms with E-state index >= 15 is 0 Å². The van der Waals surface area contributed by atoms with Gasteiger partial charge >= 0.3 is 6.18 Å². The molecule has 2 aromatic rings. The van der Waals surface area contributed by atoms with Gasteiger partial charge in [-0.15, -0.1) is 0 Å². The van der Waals surface area contributed by atoms with E-state index in [0.717, 1.165) is 6.42 Å². The van der Waals surface area contributed by atoms with E-state index in [1.54, 1.807) is 35.2 Å². The summed E-state index contributed by atoms with van der Waals surface area (Å²) < 4.78 is 41.8. The monoisotopic (exact) mass is 378 g/mol. The highest BCUT2D eigenvalue weighted by Crippen LogP contribution is 2.27. The standard InChI is InChI=1S/C19H17F3N2O3/c20-19(21,22)12-27-16-5-2-1-4-15(16)23-18(26)13-7-9-14(10-8-13)24-11-3-6-17(24)25/h1-2,4-5,7-10H,3,6,11-12H2,(H,23,26). The topological polar surface area (TPSA) is 58.6 Å². The van der Waals surface area contributed by atoms with Crippen LogP contribution < -0.4 is 15.0 Å². The molecule has 0 saturated carbocycles. The zero-order chi connectivity index (χ0) is 19.4. The van der Waals surface area contributed by atoms with E-state index in [4.69, 9.17) is 4.74 Å². The Bertz CT molecular complexity index is 835. The molecule has 1 saturated heterocycles. The Hall–Kier alpha value is -3.03. The number of rotatable bonds is 5. The fraction of sp³-hybridized carbons (Fsp3) is 0.263. The minimum atomic E-state index is -4.47. The third kappa shape index (κ3) is 4.78. The zero-order valence-corrected chi connectivity index (χ0v) is 14.3. The highest BCUT2D eigenvalue weighted by Gasteiger charge is 2.29. The van der Waals surface area contributed by atoms with E-state index in [9.17, 15) is 22.8 Å². The van der Waals surface area contributed by atoms with Crippen molar-refractivity contribution in [3.8, 4) is 5.75 Å². The Labute approximate surface area is 153 Å². The van der Waals surface area contributed by atoms with Gasteiger partial charge in [0.05, 0.1) is 5.69 Å². The Morgan fingerprint density at radius 1 is 1.11 bits per heavy atom. The van der Waals surface area contributed by atoms with Crippen LogP contribution in [0.5, 0.6) is 5.75 Å². The average molecular weight is 378 g/mol. The number of hydrogen-bond donors (Lipinski definition) is 1. The van der Waals surface area contributed by atoms with Gasteiger partial charge in [0.2, 0.25) is 5.91 Å². The number of carbonyl (C=O) groups is 2. The lowest BCUT2D eigenvalue weighted by Gasteiger charge is -2.16. The van der Waals surface area contributed by atoms with Gasteiger partial charge in [-0.3, -0.25) is 9.59 Å². The summed E-state index contributed by atoms with van der Waals surface area (Å²) in [6.45, 7) is -0.799. The van der Waals surface area contributed by atoms with Crippen molar-refractivity contribution < 1.29 is 27.5 Å². The predicted octanol–water partition coefficient (Wildman–Crippen LogP) is 4.01. The predicted molar refractivity (Wildman–Crippen MR) is 94.0 cm³/mol. The molecule has 5 nitrogen and oxygen atoms in total. The highest BCUT2D eigenvalue weighted by atomic mass is 19.4. The minimum absolute atomic E-state index is 0.0444. The van der Waals surface area contributed by atoms with Crippen LogP contribution in [0.25, 0.3) is 0 Å². The number of nitrogens with zero attached hydrogens (tertiary/aromatic N) is 1. The van der Waals surface area contributed by atoms with Crippen molar-refractivity contribution in [1.29, 1.82) is 0 Å².